The summed E-state index contributed by atoms with van der Waals surface area (Å²) < 4.78 is 10.1. The van der Waals surface area contributed by atoms with Gasteiger partial charge in [-0.2, -0.15) is 5.26 Å². The summed E-state index contributed by atoms with van der Waals surface area (Å²) >= 11 is 6.17. The zero-order valence-corrected chi connectivity index (χ0v) is 14.8. The van der Waals surface area contributed by atoms with E-state index in [1.165, 1.54) is 7.11 Å². The molecule has 0 aliphatic carbocycles. The molecule has 2 aromatic rings. The molecule has 0 bridgehead atoms. The normalized spacial score (nSPS) is 11.1. The van der Waals surface area contributed by atoms with Crippen LogP contribution in [0.1, 0.15) is 23.6 Å². The lowest BCUT2D eigenvalue weighted by Crippen LogP contribution is -2.34. The Morgan fingerprint density at radius 2 is 1.88 bits per heavy atom. The Bertz CT molecular complexity index is 815. The number of halogens is 1. The number of nitriles is 1. The predicted molar refractivity (Wildman–Crippen MR) is 95.6 cm³/mol. The van der Waals surface area contributed by atoms with Crippen LogP contribution in [0.2, 0.25) is 5.02 Å². The summed E-state index contributed by atoms with van der Waals surface area (Å²) in [6.07, 6.45) is -0.0527. The summed E-state index contributed by atoms with van der Waals surface area (Å²) in [6.45, 7) is -0.242. The van der Waals surface area contributed by atoms with Crippen molar-refractivity contribution in [2.75, 3.05) is 13.7 Å². The highest BCUT2D eigenvalue weighted by molar-refractivity contribution is 6.31. The van der Waals surface area contributed by atoms with E-state index < -0.39 is 17.9 Å². The molecule has 2 rings (SSSR count). The van der Waals surface area contributed by atoms with E-state index in [1.54, 1.807) is 48.5 Å². The Labute approximate surface area is 156 Å². The number of amides is 1. The average Bonchev–Trinajstić information content (AvgIpc) is 2.66. The topological polar surface area (TPSA) is 88.4 Å². The Kier molecular flexibility index (Phi) is 7.01. The third kappa shape index (κ3) is 5.50. The van der Waals surface area contributed by atoms with Gasteiger partial charge in [0.15, 0.2) is 6.61 Å². The average molecular weight is 373 g/mol. The fourth-order valence-corrected chi connectivity index (χ4v) is 2.52. The lowest BCUT2D eigenvalue weighted by Gasteiger charge is -2.19. The van der Waals surface area contributed by atoms with Crippen LogP contribution in [-0.2, 0) is 14.3 Å². The van der Waals surface area contributed by atoms with Crippen LogP contribution in [0.5, 0.6) is 5.75 Å². The Morgan fingerprint density at radius 1 is 1.19 bits per heavy atom. The minimum Gasteiger partial charge on any atom is -0.484 e. The number of benzene rings is 2. The maximum atomic E-state index is 12.2. The van der Waals surface area contributed by atoms with Crippen molar-refractivity contribution < 1.29 is 19.1 Å². The minimum absolute atomic E-state index is 0.0527. The van der Waals surface area contributed by atoms with Gasteiger partial charge in [-0.25, -0.2) is 0 Å². The van der Waals surface area contributed by atoms with Crippen molar-refractivity contribution in [3.8, 4) is 11.8 Å². The number of hydrogen-bond donors (Lipinski definition) is 1. The SMILES string of the molecule is COC(=O)CC(NC(=O)COc1ccc(C#N)cc1)c1ccccc1Cl. The van der Waals surface area contributed by atoms with Crippen molar-refractivity contribution in [3.05, 3.63) is 64.7 Å². The molecule has 0 saturated heterocycles. The van der Waals surface area contributed by atoms with Crippen LogP contribution < -0.4 is 10.1 Å². The van der Waals surface area contributed by atoms with E-state index in [0.717, 1.165) is 0 Å². The standard InChI is InChI=1S/C19H17ClN2O4/c1-25-19(24)10-17(15-4-2-3-5-16(15)20)22-18(23)12-26-14-8-6-13(11-21)7-9-14/h2-9,17H,10,12H2,1H3,(H,22,23). The number of esters is 1. The molecule has 1 unspecified atom stereocenters. The molecule has 0 heterocycles. The number of ether oxygens (including phenoxy) is 2. The fraction of sp³-hybridized carbons (Fsp3) is 0.211. The van der Waals surface area contributed by atoms with E-state index in [1.807, 2.05) is 6.07 Å². The quantitative estimate of drug-likeness (QED) is 0.755. The molecule has 0 aromatic heterocycles. The highest BCUT2D eigenvalue weighted by Crippen LogP contribution is 2.25. The van der Waals surface area contributed by atoms with Crippen molar-refractivity contribution in [2.45, 2.75) is 12.5 Å². The van der Waals surface area contributed by atoms with Crippen LogP contribution in [-0.4, -0.2) is 25.6 Å². The Balaban J connectivity index is 2.02. The number of hydrogen-bond acceptors (Lipinski definition) is 5. The lowest BCUT2D eigenvalue weighted by molar-refractivity contribution is -0.141. The second-order valence-corrected chi connectivity index (χ2v) is 5.75. The molecule has 1 atom stereocenters. The van der Waals surface area contributed by atoms with Gasteiger partial charge >= 0.3 is 5.97 Å². The molecule has 0 saturated carbocycles. The summed E-state index contributed by atoms with van der Waals surface area (Å²) in [5.74, 6) is -0.423. The highest BCUT2D eigenvalue weighted by Gasteiger charge is 2.21. The summed E-state index contributed by atoms with van der Waals surface area (Å²) in [7, 11) is 1.28. The fourth-order valence-electron chi connectivity index (χ4n) is 2.26. The third-order valence-electron chi connectivity index (χ3n) is 3.57. The van der Waals surface area contributed by atoms with Gasteiger partial charge in [-0.3, -0.25) is 9.59 Å². The predicted octanol–water partition coefficient (Wildman–Crippen LogP) is 3.01. The minimum atomic E-state index is -0.631. The van der Waals surface area contributed by atoms with E-state index in [9.17, 15) is 9.59 Å². The second kappa shape index (κ2) is 9.44. The summed E-state index contributed by atoms with van der Waals surface area (Å²) in [6, 6.07) is 14.7. The summed E-state index contributed by atoms with van der Waals surface area (Å²) in [5, 5.41) is 11.9. The molecule has 26 heavy (non-hydrogen) atoms. The van der Waals surface area contributed by atoms with Gasteiger partial charge in [0.25, 0.3) is 5.91 Å². The maximum absolute atomic E-state index is 12.2. The first-order valence-electron chi connectivity index (χ1n) is 7.77. The molecule has 134 valence electrons. The van der Waals surface area contributed by atoms with Crippen molar-refractivity contribution in [2.24, 2.45) is 0 Å². The van der Waals surface area contributed by atoms with Crippen molar-refractivity contribution in [1.29, 1.82) is 5.26 Å². The van der Waals surface area contributed by atoms with Crippen molar-refractivity contribution in [3.63, 3.8) is 0 Å². The first-order chi connectivity index (χ1) is 12.5. The Morgan fingerprint density at radius 3 is 2.50 bits per heavy atom. The Hall–Kier alpha value is -3.04. The zero-order chi connectivity index (χ0) is 18.9. The summed E-state index contributed by atoms with van der Waals surface area (Å²) in [5.41, 5.74) is 1.12. The van der Waals surface area contributed by atoms with Gasteiger partial charge in [0, 0.05) is 5.02 Å². The first kappa shape index (κ1) is 19.3. The number of carbonyl (C=O) groups is 2. The van der Waals surface area contributed by atoms with Gasteiger partial charge < -0.3 is 14.8 Å². The van der Waals surface area contributed by atoms with Crippen LogP contribution in [0.3, 0.4) is 0 Å². The third-order valence-corrected chi connectivity index (χ3v) is 3.91. The number of carbonyl (C=O) groups excluding carboxylic acids is 2. The number of nitrogens with one attached hydrogen (secondary N) is 1. The monoisotopic (exact) mass is 372 g/mol. The van der Waals surface area contributed by atoms with Gasteiger partial charge in [-0.1, -0.05) is 29.8 Å². The maximum Gasteiger partial charge on any atom is 0.307 e. The van der Waals surface area contributed by atoms with E-state index in [0.29, 0.717) is 21.9 Å². The molecule has 0 aliphatic rings. The van der Waals surface area contributed by atoms with Crippen LogP contribution in [0.15, 0.2) is 48.5 Å². The smallest absolute Gasteiger partial charge is 0.307 e. The van der Waals surface area contributed by atoms with Gasteiger partial charge in [0.2, 0.25) is 0 Å². The summed E-state index contributed by atoms with van der Waals surface area (Å²) in [4.78, 5) is 23.9. The van der Waals surface area contributed by atoms with Crippen LogP contribution in [0.4, 0.5) is 0 Å². The molecule has 0 spiro atoms. The number of methoxy groups -OCH3 is 1. The molecular formula is C19H17ClN2O4. The molecule has 1 amide bonds. The number of rotatable bonds is 7. The van der Waals surface area contributed by atoms with E-state index in [2.05, 4.69) is 10.1 Å². The first-order valence-corrected chi connectivity index (χ1v) is 8.15. The second-order valence-electron chi connectivity index (χ2n) is 5.35. The molecule has 6 nitrogen and oxygen atoms in total. The molecule has 2 aromatic carbocycles. The van der Waals surface area contributed by atoms with Crippen LogP contribution in [0, 0.1) is 11.3 Å². The highest BCUT2D eigenvalue weighted by atomic mass is 35.5. The van der Waals surface area contributed by atoms with E-state index in [4.69, 9.17) is 21.6 Å². The molecule has 0 aliphatic heterocycles. The molecule has 1 N–H and O–H groups in total. The number of nitrogens with zero attached hydrogens (tertiary/aromatic N) is 1. The molecule has 0 radical (unpaired) electrons. The zero-order valence-electron chi connectivity index (χ0n) is 14.1. The van der Waals surface area contributed by atoms with Gasteiger partial charge in [-0.15, -0.1) is 0 Å². The van der Waals surface area contributed by atoms with Gasteiger partial charge in [0.1, 0.15) is 5.75 Å². The molecule has 7 heteroatoms. The van der Waals surface area contributed by atoms with E-state index in [-0.39, 0.29) is 13.0 Å². The van der Waals surface area contributed by atoms with E-state index >= 15 is 0 Å². The largest absolute Gasteiger partial charge is 0.484 e. The lowest BCUT2D eigenvalue weighted by atomic mass is 10.0. The van der Waals surface area contributed by atoms with Crippen LogP contribution in [0.25, 0.3) is 0 Å². The van der Waals surface area contributed by atoms with Crippen molar-refractivity contribution in [1.82, 2.24) is 5.32 Å². The van der Waals surface area contributed by atoms with Crippen molar-refractivity contribution >= 4 is 23.5 Å². The van der Waals surface area contributed by atoms with Gasteiger partial charge in [0.05, 0.1) is 31.2 Å². The molecular weight excluding hydrogens is 356 g/mol. The molecule has 0 fully saturated rings. The van der Waals surface area contributed by atoms with Gasteiger partial charge in [-0.05, 0) is 35.9 Å². The van der Waals surface area contributed by atoms with Crippen LogP contribution >= 0.6 is 11.6 Å².